The van der Waals surface area contributed by atoms with E-state index in [4.69, 9.17) is 14.2 Å². The van der Waals surface area contributed by atoms with Crippen LogP contribution in [0.15, 0.2) is 84.9 Å². The third-order valence-electron chi connectivity index (χ3n) is 8.03. The van der Waals surface area contributed by atoms with Crippen LogP contribution in [-0.4, -0.2) is 67.9 Å². The predicted molar refractivity (Wildman–Crippen MR) is 179 cm³/mol. The first kappa shape index (κ1) is 35.0. The van der Waals surface area contributed by atoms with E-state index in [1.807, 2.05) is 84.9 Å². The van der Waals surface area contributed by atoms with Crippen LogP contribution in [0.3, 0.4) is 0 Å². The van der Waals surface area contributed by atoms with Gasteiger partial charge in [-0.1, -0.05) is 78.9 Å². The summed E-state index contributed by atoms with van der Waals surface area (Å²) in [6.07, 6.45) is 2.06. The van der Waals surface area contributed by atoms with E-state index < -0.39 is 24.0 Å². The van der Waals surface area contributed by atoms with Crippen molar-refractivity contribution in [2.45, 2.75) is 58.6 Å². The minimum Gasteiger partial charge on any atom is -0.466 e. The van der Waals surface area contributed by atoms with E-state index in [2.05, 4.69) is 5.32 Å². The minimum atomic E-state index is -0.811. The van der Waals surface area contributed by atoms with E-state index in [-0.39, 0.29) is 38.4 Å². The summed E-state index contributed by atoms with van der Waals surface area (Å²) in [7, 11) is 0. The molecule has 1 unspecified atom stereocenters. The second-order valence-corrected chi connectivity index (χ2v) is 11.4. The first-order valence-corrected chi connectivity index (χ1v) is 16.4. The number of ether oxygens (including phenoxy) is 3. The van der Waals surface area contributed by atoms with Crippen molar-refractivity contribution in [3.8, 4) is 0 Å². The largest absolute Gasteiger partial charge is 0.466 e. The van der Waals surface area contributed by atoms with Crippen LogP contribution in [0.2, 0.25) is 0 Å². The van der Waals surface area contributed by atoms with Crippen molar-refractivity contribution in [2.24, 2.45) is 5.92 Å². The molecule has 1 aliphatic rings. The van der Waals surface area contributed by atoms with E-state index in [0.29, 0.717) is 50.9 Å². The Hall–Kier alpha value is -4.86. The van der Waals surface area contributed by atoms with Gasteiger partial charge in [0.2, 0.25) is 0 Å². The van der Waals surface area contributed by atoms with Gasteiger partial charge in [0.25, 0.3) is 0 Å². The van der Waals surface area contributed by atoms with Crippen molar-refractivity contribution in [2.75, 3.05) is 37.7 Å². The summed E-state index contributed by atoms with van der Waals surface area (Å²) in [5.74, 6) is -1.42. The van der Waals surface area contributed by atoms with Crippen LogP contribution >= 0.6 is 0 Å². The van der Waals surface area contributed by atoms with Crippen molar-refractivity contribution in [3.05, 3.63) is 102 Å². The number of alkyl carbamates (subject to hydrolysis) is 1. The molecule has 10 heteroatoms. The lowest BCUT2D eigenvalue weighted by Crippen LogP contribution is -2.52. The first-order valence-electron chi connectivity index (χ1n) is 16.4. The molecule has 1 aliphatic heterocycles. The number of aryl methyl sites for hydroxylation is 1. The number of fused-ring (bicyclic) bond motifs is 1. The van der Waals surface area contributed by atoms with Crippen LogP contribution in [0.25, 0.3) is 0 Å². The van der Waals surface area contributed by atoms with Crippen LogP contribution in [0.1, 0.15) is 49.8 Å². The van der Waals surface area contributed by atoms with E-state index in [9.17, 15) is 19.2 Å². The Balaban J connectivity index is 1.47. The second-order valence-electron chi connectivity index (χ2n) is 11.4. The number of carbonyl (C=O) groups excluding carboxylic acids is 4. The van der Waals surface area contributed by atoms with Gasteiger partial charge in [-0.05, 0) is 62.3 Å². The highest BCUT2D eigenvalue weighted by Gasteiger charge is 2.41. The number of hydrogen-bond donors (Lipinski definition) is 1. The molecule has 0 bridgehead atoms. The molecule has 0 saturated carbocycles. The second kappa shape index (κ2) is 18.3. The number of nitrogens with one attached hydrogen (secondary N) is 1. The smallest absolute Gasteiger partial charge is 0.407 e. The summed E-state index contributed by atoms with van der Waals surface area (Å²) in [4.78, 5) is 56.1. The molecule has 4 rings (SSSR count). The third kappa shape index (κ3) is 10.3. The van der Waals surface area contributed by atoms with Crippen LogP contribution in [0, 0.1) is 5.92 Å². The molecule has 10 nitrogen and oxygen atoms in total. The highest BCUT2D eigenvalue weighted by molar-refractivity contribution is 6.01. The standard InChI is InChI=1S/C37H45N3O7/c1-3-45-34(41)31(22-21-28-15-7-5-8-16-28)26-39(24-14-13-23-38-36(43)47-27-29-17-9-6-10-18-29)37(44)40-32-20-12-11-19-30(32)25-33(40)35(42)46-4-2/h5-12,15-20,31,33H,3-4,13-14,21-27H2,1-2H3,(H,38,43)/t31-,33?/m1/s1. The van der Waals surface area contributed by atoms with Gasteiger partial charge in [0.05, 0.1) is 19.1 Å². The molecular formula is C37H45N3O7. The monoisotopic (exact) mass is 643 g/mol. The van der Waals surface area contributed by atoms with Gasteiger partial charge in [-0.2, -0.15) is 0 Å². The van der Waals surface area contributed by atoms with Gasteiger partial charge >= 0.3 is 24.1 Å². The summed E-state index contributed by atoms with van der Waals surface area (Å²) in [6.45, 7) is 4.86. The lowest BCUT2D eigenvalue weighted by atomic mass is 9.98. The Kier molecular flexibility index (Phi) is 13.6. The molecule has 0 radical (unpaired) electrons. The molecule has 0 aliphatic carbocycles. The number of rotatable bonds is 16. The Bertz CT molecular complexity index is 1450. The molecule has 1 heterocycles. The number of anilines is 1. The van der Waals surface area contributed by atoms with Crippen molar-refractivity contribution in [1.82, 2.24) is 10.2 Å². The normalized spacial score (nSPS) is 14.1. The zero-order valence-corrected chi connectivity index (χ0v) is 27.3. The maximum atomic E-state index is 14.4. The topological polar surface area (TPSA) is 114 Å². The molecule has 0 fully saturated rings. The highest BCUT2D eigenvalue weighted by Crippen LogP contribution is 2.34. The fourth-order valence-corrected chi connectivity index (χ4v) is 5.65. The average Bonchev–Trinajstić information content (AvgIpc) is 3.49. The van der Waals surface area contributed by atoms with Crippen LogP contribution < -0.4 is 10.2 Å². The van der Waals surface area contributed by atoms with Crippen molar-refractivity contribution in [3.63, 3.8) is 0 Å². The predicted octanol–water partition coefficient (Wildman–Crippen LogP) is 5.92. The zero-order chi connectivity index (χ0) is 33.4. The van der Waals surface area contributed by atoms with Gasteiger partial charge in [0, 0.05) is 31.7 Å². The Morgan fingerprint density at radius 2 is 1.49 bits per heavy atom. The maximum absolute atomic E-state index is 14.4. The fourth-order valence-electron chi connectivity index (χ4n) is 5.65. The number of amides is 3. The molecule has 0 spiro atoms. The van der Waals surface area contributed by atoms with Crippen LogP contribution in [0.5, 0.6) is 0 Å². The van der Waals surface area contributed by atoms with Gasteiger partial charge < -0.3 is 24.4 Å². The number of urea groups is 1. The summed E-state index contributed by atoms with van der Waals surface area (Å²) in [5.41, 5.74) is 3.51. The van der Waals surface area contributed by atoms with Crippen LogP contribution in [-0.2, 0) is 43.2 Å². The summed E-state index contributed by atoms with van der Waals surface area (Å²) < 4.78 is 16.1. The van der Waals surface area contributed by atoms with E-state index in [1.54, 1.807) is 18.7 Å². The molecule has 47 heavy (non-hydrogen) atoms. The van der Waals surface area contributed by atoms with E-state index in [1.165, 1.54) is 4.90 Å². The lowest BCUT2D eigenvalue weighted by Gasteiger charge is -2.33. The van der Waals surface area contributed by atoms with Crippen molar-refractivity contribution >= 4 is 29.8 Å². The van der Waals surface area contributed by atoms with Gasteiger partial charge in [-0.3, -0.25) is 9.69 Å². The molecule has 3 aromatic carbocycles. The molecule has 250 valence electrons. The third-order valence-corrected chi connectivity index (χ3v) is 8.03. The Morgan fingerprint density at radius 3 is 2.19 bits per heavy atom. The number of carbonyl (C=O) groups is 4. The summed E-state index contributed by atoms with van der Waals surface area (Å²) >= 11 is 0. The molecule has 0 aromatic heterocycles. The Morgan fingerprint density at radius 1 is 0.830 bits per heavy atom. The van der Waals surface area contributed by atoms with Crippen molar-refractivity contribution in [1.29, 1.82) is 0 Å². The minimum absolute atomic E-state index is 0.116. The molecular weight excluding hydrogens is 598 g/mol. The quantitative estimate of drug-likeness (QED) is 0.117. The number of para-hydroxylation sites is 1. The summed E-state index contributed by atoms with van der Waals surface area (Å²) in [6, 6.07) is 25.6. The molecule has 1 N–H and O–H groups in total. The number of esters is 2. The number of nitrogens with zero attached hydrogens (tertiary/aromatic N) is 2. The SMILES string of the molecule is CCOC(=O)C1Cc2ccccc2N1C(=O)N(CCCCNC(=O)OCc1ccccc1)C[C@@H](CCc1ccccc1)C(=O)OCC. The van der Waals surface area contributed by atoms with Gasteiger partial charge in [0.15, 0.2) is 0 Å². The Labute approximate surface area is 277 Å². The lowest BCUT2D eigenvalue weighted by molar-refractivity contribution is -0.149. The molecule has 3 amide bonds. The molecule has 3 aromatic rings. The summed E-state index contributed by atoms with van der Waals surface area (Å²) in [5, 5.41) is 2.76. The first-order chi connectivity index (χ1) is 22.9. The van der Waals surface area contributed by atoms with E-state index in [0.717, 1.165) is 16.7 Å². The number of unbranched alkanes of at least 4 members (excludes halogenated alkanes) is 1. The van der Waals surface area contributed by atoms with Gasteiger partial charge in [-0.25, -0.2) is 14.4 Å². The van der Waals surface area contributed by atoms with Gasteiger partial charge in [0.1, 0.15) is 12.6 Å². The van der Waals surface area contributed by atoms with Crippen LogP contribution in [0.4, 0.5) is 15.3 Å². The van der Waals surface area contributed by atoms with E-state index >= 15 is 0 Å². The maximum Gasteiger partial charge on any atom is 0.407 e. The highest BCUT2D eigenvalue weighted by atomic mass is 16.5. The average molecular weight is 644 g/mol. The zero-order valence-electron chi connectivity index (χ0n) is 27.3. The fraction of sp³-hybridized carbons (Fsp3) is 0.405. The molecule has 2 atom stereocenters. The van der Waals surface area contributed by atoms with Gasteiger partial charge in [-0.15, -0.1) is 0 Å². The number of hydrogen-bond acceptors (Lipinski definition) is 7. The van der Waals surface area contributed by atoms with Crippen molar-refractivity contribution < 1.29 is 33.4 Å². The number of benzene rings is 3. The molecule has 0 saturated heterocycles.